The fraction of sp³-hybridized carbons (Fsp3) is 0.258. The number of carbonyl (C=O) groups excluding carboxylic acids is 1. The minimum absolute atomic E-state index is 0. The summed E-state index contributed by atoms with van der Waals surface area (Å²) in [7, 11) is 3.75. The second-order valence-electron chi connectivity index (χ2n) is 8.87. The second kappa shape index (κ2) is 18.7. The zero-order chi connectivity index (χ0) is 27.7. The average molecular weight is 724 g/mol. The van der Waals surface area contributed by atoms with Gasteiger partial charge in [0, 0.05) is 39.0 Å². The molecule has 1 unspecified atom stereocenters. The van der Waals surface area contributed by atoms with Crippen LogP contribution in [-0.4, -0.2) is 38.1 Å². The molecule has 4 aromatic rings. The van der Waals surface area contributed by atoms with Crippen LogP contribution in [0.3, 0.4) is 0 Å². The van der Waals surface area contributed by atoms with E-state index in [9.17, 15) is 4.79 Å². The molecule has 0 amide bonds. The van der Waals surface area contributed by atoms with Gasteiger partial charge in [0.1, 0.15) is 0 Å². The van der Waals surface area contributed by atoms with E-state index in [1.165, 1.54) is 33.9 Å². The van der Waals surface area contributed by atoms with Crippen molar-refractivity contribution in [2.75, 3.05) is 20.6 Å². The van der Waals surface area contributed by atoms with E-state index >= 15 is 0 Å². The van der Waals surface area contributed by atoms with Gasteiger partial charge in [-0.1, -0.05) is 67.4 Å². The first-order valence-electron chi connectivity index (χ1n) is 13.0. The van der Waals surface area contributed by atoms with Crippen molar-refractivity contribution < 1.29 is 25.9 Å². The molecule has 1 aliphatic rings. The van der Waals surface area contributed by atoms with Crippen LogP contribution in [0.1, 0.15) is 46.5 Å². The number of hydrogen-bond donors (Lipinski definition) is 3. The maximum absolute atomic E-state index is 9.84. The number of para-hydroxylation sites is 1. The zero-order valence-corrected chi connectivity index (χ0v) is 26.6. The Morgan fingerprint density at radius 3 is 2.50 bits per heavy atom. The Kier molecular flexibility index (Phi) is 15.3. The first-order chi connectivity index (χ1) is 19.2. The van der Waals surface area contributed by atoms with Crippen LogP contribution >= 0.6 is 11.3 Å². The van der Waals surface area contributed by atoms with E-state index < -0.39 is 0 Å². The van der Waals surface area contributed by atoms with Crippen molar-refractivity contribution in [3.8, 4) is 6.07 Å². The molecule has 0 radical (unpaired) electrons. The van der Waals surface area contributed by atoms with E-state index in [2.05, 4.69) is 81.0 Å². The molecule has 0 saturated heterocycles. The summed E-state index contributed by atoms with van der Waals surface area (Å²) in [6.45, 7) is 0.769. The van der Waals surface area contributed by atoms with Gasteiger partial charge < -0.3 is 21.3 Å². The summed E-state index contributed by atoms with van der Waals surface area (Å²) in [5, 5.41) is 26.0. The van der Waals surface area contributed by atoms with Gasteiger partial charge in [-0.2, -0.15) is 5.26 Å². The Labute approximate surface area is 255 Å². The van der Waals surface area contributed by atoms with Crippen molar-refractivity contribution >= 4 is 39.8 Å². The number of fused-ring (bicyclic) bond motifs is 1. The summed E-state index contributed by atoms with van der Waals surface area (Å²) in [6.07, 6.45) is 9.08. The Morgan fingerprint density at radius 1 is 1.05 bits per heavy atom. The van der Waals surface area contributed by atoms with E-state index in [1.807, 2.05) is 38.4 Å². The van der Waals surface area contributed by atoms with Crippen molar-refractivity contribution in [2.24, 2.45) is 0 Å². The van der Waals surface area contributed by atoms with Gasteiger partial charge in [0.2, 0.25) is 0 Å². The largest absolute Gasteiger partial charge is 0.683 e. The molecule has 1 aliphatic heterocycles. The number of carbonyl (C=O) groups is 1. The molecule has 0 saturated carbocycles. The van der Waals surface area contributed by atoms with E-state index in [0.29, 0.717) is 10.4 Å². The number of benzene rings is 3. The number of aromatic nitrogens is 1. The van der Waals surface area contributed by atoms with Gasteiger partial charge in [-0.25, -0.2) is 0 Å². The van der Waals surface area contributed by atoms with Crippen molar-refractivity contribution in [3.63, 3.8) is 0 Å². The minimum Gasteiger partial charge on any atom is -0.683 e. The van der Waals surface area contributed by atoms with Crippen LogP contribution in [0.5, 0.6) is 0 Å². The Hall–Kier alpha value is -3.50. The molecule has 3 N–H and O–H groups in total. The van der Waals surface area contributed by atoms with Gasteiger partial charge in [0.05, 0.1) is 28.3 Å². The number of rotatable bonds is 9. The van der Waals surface area contributed by atoms with Crippen molar-refractivity contribution in [3.05, 3.63) is 106 Å². The summed E-state index contributed by atoms with van der Waals surface area (Å²) >= 11 is 1.34. The summed E-state index contributed by atoms with van der Waals surface area (Å²) < 4.78 is 0. The number of unbranched alkanes of at least 4 members (excludes halogenated alkanes) is 2. The molecular weight excluding hydrogens is 688 g/mol. The van der Waals surface area contributed by atoms with Crippen molar-refractivity contribution in [1.82, 2.24) is 20.9 Å². The molecule has 0 fully saturated rings. The summed E-state index contributed by atoms with van der Waals surface area (Å²) in [6, 6.07) is 24.7. The maximum atomic E-state index is 9.84. The van der Waals surface area contributed by atoms with Crippen LogP contribution in [0.25, 0.3) is 21.8 Å². The van der Waals surface area contributed by atoms with Crippen molar-refractivity contribution in [2.45, 2.75) is 31.8 Å². The van der Waals surface area contributed by atoms with Crippen LogP contribution in [-0.2, 0) is 21.1 Å². The first kappa shape index (κ1) is 32.7. The van der Waals surface area contributed by atoms with Crippen LogP contribution < -0.4 is 16.0 Å². The van der Waals surface area contributed by atoms with Crippen LogP contribution in [0.2, 0.25) is 0 Å². The van der Waals surface area contributed by atoms with Gasteiger partial charge in [-0.15, -0.1) is 23.6 Å². The average Bonchev–Trinajstić information content (AvgIpc) is 3.68. The molecule has 9 heteroatoms. The smallest absolute Gasteiger partial charge is 0.161 e. The number of nitrogens with zero attached hydrogens (tertiary/aromatic N) is 3. The molecule has 208 valence electrons. The maximum Gasteiger partial charge on any atom is 0.161 e. The number of hydrogen-bond acceptors (Lipinski definition) is 7. The molecule has 1 atom stereocenters. The third kappa shape index (κ3) is 10.6. The SMILES string of the molecule is CNC.N#Cc1ccccc1[N-]CCCCCC1NC=C(c2ccc3ccccc3c2)N1.O=Cc1cncs1.[W]. The monoisotopic (exact) mass is 723 g/mol. The third-order valence-corrected chi connectivity index (χ3v) is 6.55. The van der Waals surface area contributed by atoms with E-state index in [-0.39, 0.29) is 27.2 Å². The first-order valence-corrected chi connectivity index (χ1v) is 13.9. The minimum atomic E-state index is 0. The molecular formula is C31H35N6OSW-. The molecule has 1 aromatic heterocycles. The fourth-order valence-electron chi connectivity index (χ4n) is 3.96. The predicted octanol–water partition coefficient (Wildman–Crippen LogP) is 6.58. The Balaban J connectivity index is 0.000000434. The van der Waals surface area contributed by atoms with Gasteiger partial charge >= 0.3 is 0 Å². The summed E-state index contributed by atoms with van der Waals surface area (Å²) in [5.41, 5.74) is 5.46. The summed E-state index contributed by atoms with van der Waals surface area (Å²) in [4.78, 5) is 14.2. The molecule has 0 spiro atoms. The summed E-state index contributed by atoms with van der Waals surface area (Å²) in [5.74, 6) is 0. The number of aldehydes is 1. The van der Waals surface area contributed by atoms with Gasteiger partial charge in [-0.3, -0.25) is 9.78 Å². The number of nitriles is 1. The quantitative estimate of drug-likeness (QED) is 0.133. The van der Waals surface area contributed by atoms with Gasteiger partial charge in [0.25, 0.3) is 0 Å². The molecule has 7 nitrogen and oxygen atoms in total. The van der Waals surface area contributed by atoms with Crippen LogP contribution in [0.4, 0.5) is 5.69 Å². The molecule has 2 heterocycles. The number of nitrogens with one attached hydrogen (secondary N) is 3. The van der Waals surface area contributed by atoms with Crippen LogP contribution in [0.15, 0.2) is 84.6 Å². The van der Waals surface area contributed by atoms with Crippen molar-refractivity contribution in [1.29, 1.82) is 5.26 Å². The standard InChI is InChI=1S/C25H25N4.C4H3NOS.C2H7N.W/c26-17-22-10-5-6-11-23(22)27-15-7-1-2-12-25-28-18-24(29-25)21-14-13-19-8-3-4-9-20(19)16-21;6-2-4-1-5-3-7-4;1-3-2;/h3-6,8-11,13-14,16,18,25,28-29H,1-2,7,12,15H2;1-3H;3H,1-2H3;/q-1;;;. The fourth-order valence-corrected chi connectivity index (χ4v) is 4.38. The van der Waals surface area contributed by atoms with E-state index in [4.69, 9.17) is 5.26 Å². The second-order valence-corrected chi connectivity index (χ2v) is 9.78. The van der Waals surface area contributed by atoms with Crippen LogP contribution in [0, 0.1) is 11.3 Å². The van der Waals surface area contributed by atoms with E-state index in [0.717, 1.165) is 49.9 Å². The Bertz CT molecular complexity index is 1370. The zero-order valence-electron chi connectivity index (χ0n) is 22.8. The Morgan fingerprint density at radius 2 is 1.80 bits per heavy atom. The molecule has 3 aromatic carbocycles. The van der Waals surface area contributed by atoms with E-state index in [1.54, 1.807) is 5.51 Å². The topological polar surface area (TPSA) is 104 Å². The molecule has 5 rings (SSSR count). The third-order valence-electron chi connectivity index (χ3n) is 5.84. The van der Waals surface area contributed by atoms with Gasteiger partial charge in [-0.05, 0) is 55.4 Å². The normalized spacial score (nSPS) is 13.0. The molecule has 0 bridgehead atoms. The predicted molar refractivity (Wildman–Crippen MR) is 162 cm³/mol. The molecule has 40 heavy (non-hydrogen) atoms. The number of thiazole rings is 1. The van der Waals surface area contributed by atoms with Gasteiger partial charge in [0.15, 0.2) is 6.29 Å². The molecule has 0 aliphatic carbocycles.